The summed E-state index contributed by atoms with van der Waals surface area (Å²) in [6.45, 7) is 0. The van der Waals surface area contributed by atoms with Crippen LogP contribution in [0.15, 0.2) is 321 Å². The molecule has 0 amide bonds. The molecule has 4 aromatic heterocycles. The Labute approximate surface area is 526 Å². The number of benzene rings is 16. The van der Waals surface area contributed by atoms with E-state index in [2.05, 4.69) is 285 Å². The summed E-state index contributed by atoms with van der Waals surface area (Å²) in [7, 11) is 0. The number of hydrogen-bond acceptors (Lipinski definition) is 4. The molecule has 4 heteroatoms. The van der Waals surface area contributed by atoms with Crippen molar-refractivity contribution in [3.63, 3.8) is 0 Å². The fourth-order valence-electron chi connectivity index (χ4n) is 15.5. The monoisotopic (exact) mass is 1170 g/mol. The van der Waals surface area contributed by atoms with Crippen molar-refractivity contribution in [1.29, 1.82) is 0 Å². The van der Waals surface area contributed by atoms with E-state index in [9.17, 15) is 0 Å². The van der Waals surface area contributed by atoms with Crippen molar-refractivity contribution in [1.82, 2.24) is 0 Å². The van der Waals surface area contributed by atoms with Crippen LogP contribution in [0.1, 0.15) is 0 Å². The number of hydrogen-bond donors (Lipinski definition) is 0. The van der Waals surface area contributed by atoms with E-state index in [1.54, 1.807) is 0 Å². The van der Waals surface area contributed by atoms with Gasteiger partial charge in [-0.25, -0.2) is 0 Å². The molecule has 20 rings (SSSR count). The summed E-state index contributed by atoms with van der Waals surface area (Å²) in [4.78, 5) is 0. The summed E-state index contributed by atoms with van der Waals surface area (Å²) in [5.41, 5.74) is 22.6. The van der Waals surface area contributed by atoms with Gasteiger partial charge in [0, 0.05) is 60.8 Å². The van der Waals surface area contributed by atoms with E-state index in [0.717, 1.165) is 132 Å². The van der Waals surface area contributed by atoms with E-state index in [-0.39, 0.29) is 0 Å². The minimum Gasteiger partial charge on any atom is -0.456 e. The third kappa shape index (κ3) is 7.46. The van der Waals surface area contributed by atoms with Crippen molar-refractivity contribution in [2.45, 2.75) is 0 Å². The van der Waals surface area contributed by atoms with Gasteiger partial charge in [-0.2, -0.15) is 0 Å². The van der Waals surface area contributed by atoms with Crippen molar-refractivity contribution in [2.24, 2.45) is 0 Å². The molecule has 0 radical (unpaired) electrons. The molecular weight excluding hydrogens is 1120 g/mol. The molecule has 4 heterocycles. The molecule has 0 N–H and O–H groups in total. The van der Waals surface area contributed by atoms with Gasteiger partial charge in [0.25, 0.3) is 0 Å². The van der Waals surface area contributed by atoms with Crippen LogP contribution in [-0.4, -0.2) is 0 Å². The van der Waals surface area contributed by atoms with Crippen molar-refractivity contribution < 1.29 is 17.7 Å². The van der Waals surface area contributed by atoms with Gasteiger partial charge < -0.3 is 17.7 Å². The van der Waals surface area contributed by atoms with Crippen LogP contribution in [0.4, 0.5) is 0 Å². The third-order valence-corrected chi connectivity index (χ3v) is 19.5. The lowest BCUT2D eigenvalue weighted by Gasteiger charge is -2.20. The van der Waals surface area contributed by atoms with Crippen molar-refractivity contribution in [3.8, 4) is 77.9 Å². The van der Waals surface area contributed by atoms with Gasteiger partial charge in [0.2, 0.25) is 0 Å². The summed E-state index contributed by atoms with van der Waals surface area (Å²) >= 11 is 0. The highest BCUT2D eigenvalue weighted by Gasteiger charge is 2.26. The topological polar surface area (TPSA) is 52.6 Å². The third-order valence-electron chi connectivity index (χ3n) is 19.5. The van der Waals surface area contributed by atoms with E-state index in [1.165, 1.54) is 77.0 Å². The standard InChI is InChI=1S/C88H50O4/c1-3-21-51(22-4-1)55-25-7-9-28-59(55)84-63-32-13-15-34-65(63)86(66-35-16-14-33-64(66)84)69-38-20-40-78-87(69)75-48-72-68-37-19-36-57(88(68)92-81(72)50-82(75)91-78)53-41-43-67-74(45-53)83(61-30-11-12-31-62(61)85(67)60-29-10-8-26-56(60)52-23-5-2-6-24-52)54-42-44-77-70(46-54)73-47-71-58-27-17-18-39-76(58)89-79(71)49-80(73)90-77/h1-50H. The van der Waals surface area contributed by atoms with Gasteiger partial charge >= 0.3 is 0 Å². The van der Waals surface area contributed by atoms with Gasteiger partial charge in [-0.15, -0.1) is 0 Å². The molecular formula is C88H50O4. The van der Waals surface area contributed by atoms with Crippen LogP contribution in [-0.2, 0) is 0 Å². The number of para-hydroxylation sites is 2. The van der Waals surface area contributed by atoms with Gasteiger partial charge in [-0.05, 0) is 158 Å². The maximum absolute atomic E-state index is 7.18. The van der Waals surface area contributed by atoms with Crippen molar-refractivity contribution in [3.05, 3.63) is 303 Å². The molecule has 0 unspecified atom stereocenters. The average Bonchev–Trinajstić information content (AvgIpc) is 1.18. The maximum Gasteiger partial charge on any atom is 0.143 e. The van der Waals surface area contributed by atoms with Gasteiger partial charge in [-0.1, -0.05) is 249 Å². The first-order chi connectivity index (χ1) is 45.6. The summed E-state index contributed by atoms with van der Waals surface area (Å²) in [6.07, 6.45) is 0. The predicted molar refractivity (Wildman–Crippen MR) is 384 cm³/mol. The molecule has 426 valence electrons. The lowest BCUT2D eigenvalue weighted by atomic mass is 9.83. The molecule has 20 aromatic rings. The maximum atomic E-state index is 7.18. The first-order valence-electron chi connectivity index (χ1n) is 31.4. The van der Waals surface area contributed by atoms with Gasteiger partial charge in [0.05, 0.1) is 0 Å². The Bertz CT molecular complexity index is 6430. The zero-order valence-corrected chi connectivity index (χ0v) is 49.5. The van der Waals surface area contributed by atoms with Crippen LogP contribution in [0.5, 0.6) is 0 Å². The van der Waals surface area contributed by atoms with E-state index in [1.807, 2.05) is 18.2 Å². The summed E-state index contributed by atoms with van der Waals surface area (Å²) in [6, 6.07) is 110. The van der Waals surface area contributed by atoms with Crippen LogP contribution < -0.4 is 0 Å². The molecule has 0 atom stereocenters. The smallest absolute Gasteiger partial charge is 0.143 e. The minimum absolute atomic E-state index is 0.770. The Balaban J connectivity index is 0.798. The first-order valence-corrected chi connectivity index (χ1v) is 31.4. The molecule has 92 heavy (non-hydrogen) atoms. The minimum atomic E-state index is 0.770. The Morgan fingerprint density at radius 2 is 0.533 bits per heavy atom. The quantitative estimate of drug-likeness (QED) is 0.149. The lowest BCUT2D eigenvalue weighted by Crippen LogP contribution is -1.93. The van der Waals surface area contributed by atoms with E-state index in [4.69, 9.17) is 17.7 Å². The summed E-state index contributed by atoms with van der Waals surface area (Å²) < 4.78 is 27.1. The fourth-order valence-corrected chi connectivity index (χ4v) is 15.5. The molecule has 16 aromatic carbocycles. The zero-order chi connectivity index (χ0) is 60.1. The Morgan fingerprint density at radius 1 is 0.152 bits per heavy atom. The molecule has 0 aliphatic rings. The van der Waals surface area contributed by atoms with E-state index < -0.39 is 0 Å². The molecule has 4 nitrogen and oxygen atoms in total. The van der Waals surface area contributed by atoms with Crippen LogP contribution in [0.3, 0.4) is 0 Å². The molecule has 0 spiro atoms. The highest BCUT2D eigenvalue weighted by molar-refractivity contribution is 6.29. The van der Waals surface area contributed by atoms with Crippen LogP contribution in [0, 0.1) is 0 Å². The van der Waals surface area contributed by atoms with Crippen molar-refractivity contribution >= 4 is 131 Å². The largest absolute Gasteiger partial charge is 0.456 e. The van der Waals surface area contributed by atoms with Gasteiger partial charge in [0.15, 0.2) is 0 Å². The second kappa shape index (κ2) is 19.6. The van der Waals surface area contributed by atoms with Crippen LogP contribution in [0.25, 0.3) is 209 Å². The average molecular weight is 1170 g/mol. The second-order valence-electron chi connectivity index (χ2n) is 24.4. The second-order valence-corrected chi connectivity index (χ2v) is 24.4. The molecule has 0 aliphatic carbocycles. The molecule has 0 fully saturated rings. The normalized spacial score (nSPS) is 12.1. The Hall–Kier alpha value is -12.2. The van der Waals surface area contributed by atoms with Gasteiger partial charge in [-0.3, -0.25) is 0 Å². The van der Waals surface area contributed by atoms with Crippen molar-refractivity contribution in [2.75, 3.05) is 0 Å². The van der Waals surface area contributed by atoms with Gasteiger partial charge in [0.1, 0.15) is 44.7 Å². The fraction of sp³-hybridized carbons (Fsp3) is 0. The van der Waals surface area contributed by atoms with Crippen LogP contribution >= 0.6 is 0 Å². The highest BCUT2D eigenvalue weighted by Crippen LogP contribution is 2.52. The summed E-state index contributed by atoms with van der Waals surface area (Å²) in [5.74, 6) is 0. The first kappa shape index (κ1) is 50.7. The Morgan fingerprint density at radius 3 is 1.16 bits per heavy atom. The predicted octanol–water partition coefficient (Wildman–Crippen LogP) is 25.6. The number of fused-ring (bicyclic) bond motifs is 16. The van der Waals surface area contributed by atoms with E-state index >= 15 is 0 Å². The summed E-state index contributed by atoms with van der Waals surface area (Å²) in [5, 5.41) is 17.8. The highest BCUT2D eigenvalue weighted by atomic mass is 16.4. The molecule has 0 saturated carbocycles. The molecule has 0 saturated heterocycles. The van der Waals surface area contributed by atoms with E-state index in [0.29, 0.717) is 0 Å². The lowest BCUT2D eigenvalue weighted by molar-refractivity contribution is 0.655. The molecule has 0 aliphatic heterocycles. The zero-order valence-electron chi connectivity index (χ0n) is 49.5. The number of rotatable bonds is 7. The SMILES string of the molecule is c1ccc(-c2ccccc2-c2c3ccccc3c(-c3ccc4oc5cc6oc7ccccc7c6cc5c4c3)c3cc(-c4cccc5c4oc4cc6oc7cccc(-c8c9ccccc9c(-c9ccccc9-c9ccccc9)c9ccccc89)c7c6cc45)ccc23)cc1. The number of furan rings is 4. The van der Waals surface area contributed by atoms with Crippen LogP contribution in [0.2, 0.25) is 0 Å². The molecule has 0 bridgehead atoms. The Kier molecular flexibility index (Phi) is 10.8.